The third kappa shape index (κ3) is 2.17. The van der Waals surface area contributed by atoms with Crippen molar-refractivity contribution in [3.8, 4) is 17.0 Å². The monoisotopic (exact) mass is 234 g/mol. The molecule has 4 heteroatoms. The van der Waals surface area contributed by atoms with E-state index in [9.17, 15) is 0 Å². The summed E-state index contributed by atoms with van der Waals surface area (Å²) in [5.74, 6) is 0.852. The van der Waals surface area contributed by atoms with Gasteiger partial charge in [-0.05, 0) is 26.0 Å². The minimum absolute atomic E-state index is 0.662. The summed E-state index contributed by atoms with van der Waals surface area (Å²) in [6, 6.07) is 7.85. The average molecular weight is 234 g/mol. The average Bonchev–Trinajstić information content (AvgIpc) is 2.59. The molecule has 0 fully saturated rings. The first-order chi connectivity index (χ1) is 7.70. The molecule has 0 amide bonds. The first kappa shape index (κ1) is 11.0. The van der Waals surface area contributed by atoms with Gasteiger partial charge in [0.25, 0.3) is 0 Å². The molecule has 2 aromatic rings. The van der Waals surface area contributed by atoms with Gasteiger partial charge in [0.15, 0.2) is 0 Å². The quantitative estimate of drug-likeness (QED) is 0.887. The number of benzene rings is 1. The van der Waals surface area contributed by atoms with Crippen LogP contribution in [0.1, 0.15) is 11.9 Å². The summed E-state index contributed by atoms with van der Waals surface area (Å²) < 4.78 is 5.45. The Bertz CT molecular complexity index is 494. The van der Waals surface area contributed by atoms with Crippen LogP contribution >= 0.6 is 11.3 Å². The molecule has 16 heavy (non-hydrogen) atoms. The lowest BCUT2D eigenvalue weighted by molar-refractivity contribution is 0.340. The number of nitrogens with zero attached hydrogens (tertiary/aromatic N) is 1. The highest BCUT2D eigenvalue weighted by Crippen LogP contribution is 2.31. The van der Waals surface area contributed by atoms with Crippen molar-refractivity contribution in [2.24, 2.45) is 0 Å². The van der Waals surface area contributed by atoms with E-state index in [0.717, 1.165) is 27.0 Å². The number of nitrogens with two attached hydrogens (primary N) is 1. The molecular formula is C12H14N2OS. The highest BCUT2D eigenvalue weighted by Gasteiger charge is 2.08. The molecule has 0 aliphatic heterocycles. The van der Waals surface area contributed by atoms with Gasteiger partial charge in [-0.25, -0.2) is 4.98 Å². The number of aryl methyl sites for hydroxylation is 1. The Balaban J connectivity index is 2.40. The number of ether oxygens (including phenoxy) is 1. The van der Waals surface area contributed by atoms with Crippen molar-refractivity contribution in [2.75, 3.05) is 12.3 Å². The second-order valence-electron chi connectivity index (χ2n) is 3.41. The summed E-state index contributed by atoms with van der Waals surface area (Å²) in [5, 5.41) is 1.74. The minimum atomic E-state index is 0.662. The number of rotatable bonds is 3. The molecule has 3 nitrogen and oxygen atoms in total. The van der Waals surface area contributed by atoms with Crippen LogP contribution in [0.25, 0.3) is 11.3 Å². The summed E-state index contributed by atoms with van der Waals surface area (Å²) >= 11 is 1.51. The zero-order chi connectivity index (χ0) is 11.5. The van der Waals surface area contributed by atoms with Gasteiger partial charge in [-0.3, -0.25) is 0 Å². The van der Waals surface area contributed by atoms with Crippen molar-refractivity contribution in [3.63, 3.8) is 0 Å². The Morgan fingerprint density at radius 2 is 2.25 bits per heavy atom. The van der Waals surface area contributed by atoms with Crippen LogP contribution in [0.5, 0.6) is 5.75 Å². The van der Waals surface area contributed by atoms with E-state index in [1.54, 1.807) is 0 Å². The first-order valence-corrected chi connectivity index (χ1v) is 5.98. The van der Waals surface area contributed by atoms with Crippen molar-refractivity contribution in [3.05, 3.63) is 29.3 Å². The predicted octanol–water partition coefficient (Wildman–Crippen LogP) is 3.10. The smallest absolute Gasteiger partial charge is 0.119 e. The molecule has 0 saturated carbocycles. The fourth-order valence-electron chi connectivity index (χ4n) is 1.55. The maximum absolute atomic E-state index is 5.91. The summed E-state index contributed by atoms with van der Waals surface area (Å²) in [5.41, 5.74) is 7.77. The van der Waals surface area contributed by atoms with E-state index in [-0.39, 0.29) is 0 Å². The molecule has 2 N–H and O–H groups in total. The normalized spacial score (nSPS) is 10.4. The zero-order valence-electron chi connectivity index (χ0n) is 9.36. The van der Waals surface area contributed by atoms with Crippen molar-refractivity contribution in [1.82, 2.24) is 4.98 Å². The summed E-state index contributed by atoms with van der Waals surface area (Å²) in [7, 11) is 0. The molecule has 84 valence electrons. The number of aromatic nitrogens is 1. The van der Waals surface area contributed by atoms with E-state index in [2.05, 4.69) is 4.98 Å². The van der Waals surface area contributed by atoms with Gasteiger partial charge >= 0.3 is 0 Å². The Labute approximate surface area is 98.9 Å². The molecule has 2 rings (SSSR count). The summed E-state index contributed by atoms with van der Waals surface area (Å²) in [6.07, 6.45) is 0. The Kier molecular flexibility index (Phi) is 3.10. The van der Waals surface area contributed by atoms with Crippen LogP contribution in [0.2, 0.25) is 0 Å². The molecule has 1 aromatic heterocycles. The van der Waals surface area contributed by atoms with E-state index in [1.807, 2.05) is 38.1 Å². The summed E-state index contributed by atoms with van der Waals surface area (Å²) in [4.78, 5) is 4.42. The highest BCUT2D eigenvalue weighted by molar-refractivity contribution is 7.16. The standard InChI is InChI=1S/C12H14N2OS/c1-3-15-10-6-4-5-9(7-10)11-12(13)16-8(2)14-11/h4-7H,3,13H2,1-2H3. The number of anilines is 1. The van der Waals surface area contributed by atoms with E-state index in [1.165, 1.54) is 11.3 Å². The van der Waals surface area contributed by atoms with Crippen LogP contribution in [0.4, 0.5) is 5.00 Å². The topological polar surface area (TPSA) is 48.1 Å². The molecular weight excluding hydrogens is 220 g/mol. The molecule has 1 heterocycles. The van der Waals surface area contributed by atoms with E-state index in [4.69, 9.17) is 10.5 Å². The number of hydrogen-bond acceptors (Lipinski definition) is 4. The molecule has 0 saturated heterocycles. The fourth-order valence-corrected chi connectivity index (χ4v) is 2.26. The third-order valence-corrected chi connectivity index (χ3v) is 2.98. The Hall–Kier alpha value is -1.55. The van der Waals surface area contributed by atoms with Gasteiger partial charge in [-0.15, -0.1) is 11.3 Å². The van der Waals surface area contributed by atoms with Gasteiger partial charge in [0.2, 0.25) is 0 Å². The van der Waals surface area contributed by atoms with E-state index < -0.39 is 0 Å². The number of thiazole rings is 1. The molecule has 0 unspecified atom stereocenters. The maximum Gasteiger partial charge on any atom is 0.119 e. The van der Waals surface area contributed by atoms with Crippen molar-refractivity contribution in [1.29, 1.82) is 0 Å². The molecule has 0 aliphatic rings. The van der Waals surface area contributed by atoms with Gasteiger partial charge in [0.05, 0.1) is 11.6 Å². The predicted molar refractivity (Wildman–Crippen MR) is 67.9 cm³/mol. The van der Waals surface area contributed by atoms with Gasteiger partial charge in [0, 0.05) is 5.56 Å². The Morgan fingerprint density at radius 1 is 1.44 bits per heavy atom. The largest absolute Gasteiger partial charge is 0.494 e. The third-order valence-electron chi connectivity index (χ3n) is 2.18. The van der Waals surface area contributed by atoms with Crippen LogP contribution < -0.4 is 10.5 Å². The lowest BCUT2D eigenvalue weighted by atomic mass is 10.1. The van der Waals surface area contributed by atoms with E-state index in [0.29, 0.717) is 6.61 Å². The van der Waals surface area contributed by atoms with E-state index >= 15 is 0 Å². The highest BCUT2D eigenvalue weighted by atomic mass is 32.1. The van der Waals surface area contributed by atoms with Gasteiger partial charge in [0.1, 0.15) is 16.4 Å². The zero-order valence-corrected chi connectivity index (χ0v) is 10.2. The molecule has 0 radical (unpaired) electrons. The minimum Gasteiger partial charge on any atom is -0.494 e. The van der Waals surface area contributed by atoms with Crippen molar-refractivity contribution < 1.29 is 4.74 Å². The van der Waals surface area contributed by atoms with Crippen LogP contribution in [0.3, 0.4) is 0 Å². The van der Waals surface area contributed by atoms with Crippen LogP contribution in [-0.4, -0.2) is 11.6 Å². The molecule has 0 spiro atoms. The Morgan fingerprint density at radius 3 is 2.88 bits per heavy atom. The lowest BCUT2D eigenvalue weighted by Gasteiger charge is -2.04. The first-order valence-electron chi connectivity index (χ1n) is 5.17. The van der Waals surface area contributed by atoms with Crippen LogP contribution in [-0.2, 0) is 0 Å². The van der Waals surface area contributed by atoms with Crippen molar-refractivity contribution in [2.45, 2.75) is 13.8 Å². The second-order valence-corrected chi connectivity index (χ2v) is 4.64. The van der Waals surface area contributed by atoms with Crippen LogP contribution in [0.15, 0.2) is 24.3 Å². The second kappa shape index (κ2) is 4.53. The summed E-state index contributed by atoms with van der Waals surface area (Å²) in [6.45, 7) is 4.58. The SMILES string of the molecule is CCOc1cccc(-c2nc(C)sc2N)c1. The number of nitrogen functional groups attached to an aromatic ring is 1. The molecule has 1 aromatic carbocycles. The molecule has 0 aliphatic carbocycles. The van der Waals surface area contributed by atoms with Gasteiger partial charge in [-0.1, -0.05) is 12.1 Å². The van der Waals surface area contributed by atoms with Crippen LogP contribution in [0, 0.1) is 6.92 Å². The van der Waals surface area contributed by atoms with Crippen molar-refractivity contribution >= 4 is 16.3 Å². The van der Waals surface area contributed by atoms with Gasteiger partial charge in [-0.2, -0.15) is 0 Å². The lowest BCUT2D eigenvalue weighted by Crippen LogP contribution is -1.92. The molecule has 0 atom stereocenters. The number of hydrogen-bond donors (Lipinski definition) is 1. The van der Waals surface area contributed by atoms with Gasteiger partial charge < -0.3 is 10.5 Å². The fraction of sp³-hybridized carbons (Fsp3) is 0.250. The molecule has 0 bridgehead atoms. The maximum atomic E-state index is 5.91.